The van der Waals surface area contributed by atoms with E-state index in [0.717, 1.165) is 30.6 Å². The highest BCUT2D eigenvalue weighted by molar-refractivity contribution is 5.56. The molecular weight excluding hydrogens is 319 g/mol. The lowest BCUT2D eigenvalue weighted by atomic mass is 10.1. The maximum atomic E-state index is 13.1. The second kappa shape index (κ2) is 6.88. The molecule has 5 heteroatoms. The Balaban J connectivity index is 1.50. The van der Waals surface area contributed by atoms with Gasteiger partial charge in [0.15, 0.2) is 0 Å². The number of rotatable bonds is 2. The van der Waals surface area contributed by atoms with Crippen LogP contribution in [0.5, 0.6) is 0 Å². The zero-order valence-electron chi connectivity index (χ0n) is 13.4. The quantitative estimate of drug-likeness (QED) is 0.661. The van der Waals surface area contributed by atoms with Gasteiger partial charge in [0.2, 0.25) is 5.82 Å². The van der Waals surface area contributed by atoms with Gasteiger partial charge in [0.25, 0.3) is 5.89 Å². The lowest BCUT2D eigenvalue weighted by Crippen LogP contribution is -1.95. The summed E-state index contributed by atoms with van der Waals surface area (Å²) in [6, 6.07) is 13.8. The maximum Gasteiger partial charge on any atom is 0.256 e. The highest BCUT2D eigenvalue weighted by Crippen LogP contribution is 2.28. The Morgan fingerprint density at radius 1 is 1.04 bits per heavy atom. The van der Waals surface area contributed by atoms with Crippen molar-refractivity contribution in [2.75, 3.05) is 6.61 Å². The molecule has 0 aliphatic carbocycles. The Hall–Kier alpha value is -2.97. The number of aromatic nitrogens is 2. The zero-order valence-corrected chi connectivity index (χ0v) is 13.4. The van der Waals surface area contributed by atoms with E-state index < -0.39 is 0 Å². The van der Waals surface area contributed by atoms with Gasteiger partial charge in [0, 0.05) is 23.3 Å². The summed E-state index contributed by atoms with van der Waals surface area (Å²) >= 11 is 0. The van der Waals surface area contributed by atoms with Gasteiger partial charge in [-0.1, -0.05) is 23.1 Å². The predicted molar refractivity (Wildman–Crippen MR) is 90.0 cm³/mol. The molecule has 124 valence electrons. The van der Waals surface area contributed by atoms with Crippen LogP contribution in [0.2, 0.25) is 0 Å². The number of nitrogens with zero attached hydrogens (tertiary/aromatic N) is 2. The van der Waals surface area contributed by atoms with Crippen LogP contribution in [-0.2, 0) is 4.74 Å². The number of halogens is 1. The molecule has 1 aromatic heterocycles. The van der Waals surface area contributed by atoms with E-state index in [4.69, 9.17) is 9.26 Å². The van der Waals surface area contributed by atoms with Crippen LogP contribution >= 0.6 is 0 Å². The molecule has 4 nitrogen and oxygen atoms in total. The monoisotopic (exact) mass is 334 g/mol. The number of hydrogen-bond acceptors (Lipinski definition) is 4. The lowest BCUT2D eigenvalue weighted by molar-refractivity contribution is 0.0835. The molecule has 0 spiro atoms. The standard InChI is InChI=1S/C20H15FN2O2/c21-17-4-1-3-15(13-17)7-6-14-8-10-16(11-9-14)19-22-20(25-23-19)18-5-2-12-24-18/h1,3-4,8-11,13,18H,2,5,12H2. The van der Waals surface area contributed by atoms with Crippen LogP contribution in [0.15, 0.2) is 53.1 Å². The van der Waals surface area contributed by atoms with Crippen molar-refractivity contribution in [3.8, 4) is 23.2 Å². The van der Waals surface area contributed by atoms with E-state index in [2.05, 4.69) is 22.0 Å². The third-order valence-electron chi connectivity index (χ3n) is 3.97. The fourth-order valence-electron chi connectivity index (χ4n) is 2.67. The zero-order chi connectivity index (χ0) is 17.1. The molecule has 0 radical (unpaired) electrons. The summed E-state index contributed by atoms with van der Waals surface area (Å²) in [4.78, 5) is 4.41. The average molecular weight is 334 g/mol. The summed E-state index contributed by atoms with van der Waals surface area (Å²) in [6.45, 7) is 0.737. The van der Waals surface area contributed by atoms with E-state index in [1.807, 2.05) is 24.3 Å². The molecule has 0 saturated carbocycles. The number of benzene rings is 2. The molecule has 0 N–H and O–H groups in total. The van der Waals surface area contributed by atoms with Crippen molar-refractivity contribution in [1.29, 1.82) is 0 Å². The first-order valence-corrected chi connectivity index (χ1v) is 8.11. The van der Waals surface area contributed by atoms with E-state index in [-0.39, 0.29) is 11.9 Å². The van der Waals surface area contributed by atoms with Crippen LogP contribution in [0, 0.1) is 17.7 Å². The van der Waals surface area contributed by atoms with Crippen molar-refractivity contribution >= 4 is 0 Å². The lowest BCUT2D eigenvalue weighted by Gasteiger charge is -2.00. The third-order valence-corrected chi connectivity index (χ3v) is 3.97. The molecule has 1 aliphatic rings. The molecule has 4 rings (SSSR count). The molecule has 1 fully saturated rings. The molecule has 0 bridgehead atoms. The van der Waals surface area contributed by atoms with Crippen LogP contribution in [0.1, 0.15) is 36.0 Å². The number of ether oxygens (including phenoxy) is 1. The van der Waals surface area contributed by atoms with Crippen molar-refractivity contribution in [2.24, 2.45) is 0 Å². The van der Waals surface area contributed by atoms with Crippen molar-refractivity contribution in [1.82, 2.24) is 10.1 Å². The van der Waals surface area contributed by atoms with Crippen LogP contribution in [0.3, 0.4) is 0 Å². The van der Waals surface area contributed by atoms with Gasteiger partial charge in [0.05, 0.1) is 0 Å². The van der Waals surface area contributed by atoms with Gasteiger partial charge in [-0.05, 0) is 55.3 Å². The average Bonchev–Trinajstić information content (AvgIpc) is 3.32. The van der Waals surface area contributed by atoms with E-state index in [1.54, 1.807) is 12.1 Å². The largest absolute Gasteiger partial charge is 0.368 e. The van der Waals surface area contributed by atoms with Gasteiger partial charge in [-0.2, -0.15) is 4.98 Å². The minimum Gasteiger partial charge on any atom is -0.368 e. The van der Waals surface area contributed by atoms with E-state index in [1.165, 1.54) is 12.1 Å². The van der Waals surface area contributed by atoms with E-state index in [0.29, 0.717) is 17.3 Å². The summed E-state index contributed by atoms with van der Waals surface area (Å²) in [5, 5.41) is 4.02. The highest BCUT2D eigenvalue weighted by Gasteiger charge is 2.24. The summed E-state index contributed by atoms with van der Waals surface area (Å²) in [5.41, 5.74) is 2.32. The second-order valence-corrected chi connectivity index (χ2v) is 5.80. The molecule has 1 saturated heterocycles. The Morgan fingerprint density at radius 3 is 2.64 bits per heavy atom. The SMILES string of the molecule is Fc1cccc(C#Cc2ccc(-c3noc(C4CCCO4)n3)cc2)c1. The van der Waals surface area contributed by atoms with Crippen LogP contribution < -0.4 is 0 Å². The minimum atomic E-state index is -0.290. The molecule has 1 aliphatic heterocycles. The van der Waals surface area contributed by atoms with Gasteiger partial charge in [-0.15, -0.1) is 0 Å². The molecule has 2 heterocycles. The van der Waals surface area contributed by atoms with Crippen molar-refractivity contribution in [2.45, 2.75) is 18.9 Å². The van der Waals surface area contributed by atoms with Crippen LogP contribution in [0.25, 0.3) is 11.4 Å². The topological polar surface area (TPSA) is 48.2 Å². The first-order chi connectivity index (χ1) is 12.3. The molecule has 1 unspecified atom stereocenters. The molecular formula is C20H15FN2O2. The molecule has 1 atom stereocenters. The molecule has 3 aromatic rings. The van der Waals surface area contributed by atoms with Crippen LogP contribution in [0.4, 0.5) is 4.39 Å². The molecule has 2 aromatic carbocycles. The Kier molecular flexibility index (Phi) is 4.28. The third kappa shape index (κ3) is 3.59. The minimum absolute atomic E-state index is 0.0855. The first kappa shape index (κ1) is 15.6. The van der Waals surface area contributed by atoms with Crippen molar-refractivity contribution in [3.63, 3.8) is 0 Å². The highest BCUT2D eigenvalue weighted by atomic mass is 19.1. The fourth-order valence-corrected chi connectivity index (χ4v) is 2.67. The molecule has 25 heavy (non-hydrogen) atoms. The van der Waals surface area contributed by atoms with E-state index in [9.17, 15) is 4.39 Å². The van der Waals surface area contributed by atoms with Gasteiger partial charge < -0.3 is 9.26 Å². The van der Waals surface area contributed by atoms with Crippen molar-refractivity contribution < 1.29 is 13.7 Å². The summed E-state index contributed by atoms with van der Waals surface area (Å²) < 4.78 is 24.0. The Bertz CT molecular complexity index is 932. The smallest absolute Gasteiger partial charge is 0.256 e. The van der Waals surface area contributed by atoms with Gasteiger partial charge in [-0.3, -0.25) is 0 Å². The molecule has 0 amide bonds. The number of hydrogen-bond donors (Lipinski definition) is 0. The summed E-state index contributed by atoms with van der Waals surface area (Å²) in [5.74, 6) is 6.74. The maximum absolute atomic E-state index is 13.1. The predicted octanol–water partition coefficient (Wildman–Crippen LogP) is 4.13. The van der Waals surface area contributed by atoms with Crippen LogP contribution in [-0.4, -0.2) is 16.7 Å². The first-order valence-electron chi connectivity index (χ1n) is 8.11. The van der Waals surface area contributed by atoms with Gasteiger partial charge in [-0.25, -0.2) is 4.39 Å². The summed E-state index contributed by atoms with van der Waals surface area (Å²) in [7, 11) is 0. The fraction of sp³-hybridized carbons (Fsp3) is 0.200. The van der Waals surface area contributed by atoms with Gasteiger partial charge in [0.1, 0.15) is 11.9 Å². The Labute approximate surface area is 144 Å². The second-order valence-electron chi connectivity index (χ2n) is 5.80. The summed E-state index contributed by atoms with van der Waals surface area (Å²) in [6.07, 6.45) is 1.84. The Morgan fingerprint density at radius 2 is 1.88 bits per heavy atom. The van der Waals surface area contributed by atoms with Crippen molar-refractivity contribution in [3.05, 3.63) is 71.4 Å². The van der Waals surface area contributed by atoms with Gasteiger partial charge >= 0.3 is 0 Å². The van der Waals surface area contributed by atoms with E-state index >= 15 is 0 Å². The normalized spacial score (nSPS) is 16.4.